The van der Waals surface area contributed by atoms with Crippen molar-refractivity contribution in [1.29, 1.82) is 0 Å². The zero-order chi connectivity index (χ0) is 32.4. The predicted molar refractivity (Wildman–Crippen MR) is 177 cm³/mol. The lowest BCUT2D eigenvalue weighted by Gasteiger charge is -2.34. The number of aryl methyl sites for hydroxylation is 1. The van der Waals surface area contributed by atoms with Gasteiger partial charge in [-0.05, 0) is 65.9 Å². The van der Waals surface area contributed by atoms with E-state index in [0.29, 0.717) is 18.0 Å². The summed E-state index contributed by atoms with van der Waals surface area (Å²) >= 11 is 0. The second-order valence-electron chi connectivity index (χ2n) is 11.3. The van der Waals surface area contributed by atoms with Crippen LogP contribution in [-0.2, 0) is 32.6 Å². The number of carbonyl (C=O) groups is 2. The quantitative estimate of drug-likeness (QED) is 0.196. The maximum atomic E-state index is 14.5. The summed E-state index contributed by atoms with van der Waals surface area (Å²) in [5.74, 6) is -0.0490. The maximum absolute atomic E-state index is 14.5. The molecule has 0 radical (unpaired) electrons. The largest absolute Gasteiger partial charge is 0.497 e. The Morgan fingerprint density at radius 3 is 2.02 bits per heavy atom. The number of hydrogen-bond acceptors (Lipinski definition) is 5. The Morgan fingerprint density at radius 2 is 1.42 bits per heavy atom. The molecule has 0 heterocycles. The first-order valence-corrected chi connectivity index (χ1v) is 16.4. The molecule has 0 saturated heterocycles. The molecule has 0 aliphatic heterocycles. The maximum Gasteiger partial charge on any atom is 0.264 e. The van der Waals surface area contributed by atoms with Crippen LogP contribution < -0.4 is 14.4 Å². The SMILES string of the molecule is COc1ccc(N(CC(=O)N(Cc2ccccc2C)[C@@H](Cc2ccccc2)C(=O)NCC(C)C)S(=O)(=O)c2ccccc2)cc1. The first-order chi connectivity index (χ1) is 21.6. The summed E-state index contributed by atoms with van der Waals surface area (Å²) in [5.41, 5.74) is 3.00. The van der Waals surface area contributed by atoms with E-state index in [4.69, 9.17) is 4.74 Å². The van der Waals surface area contributed by atoms with Gasteiger partial charge in [-0.25, -0.2) is 8.42 Å². The highest BCUT2D eigenvalue weighted by Crippen LogP contribution is 2.27. The van der Waals surface area contributed by atoms with Gasteiger partial charge in [0.15, 0.2) is 0 Å². The average molecular weight is 628 g/mol. The molecule has 1 atom stereocenters. The Bertz CT molecular complexity index is 1660. The summed E-state index contributed by atoms with van der Waals surface area (Å²) in [7, 11) is -2.64. The van der Waals surface area contributed by atoms with Gasteiger partial charge in [0, 0.05) is 19.5 Å². The standard InChI is InChI=1S/C36H41N3O5S/c1-27(2)24-37-36(41)34(23-29-14-7-5-8-15-29)38(25-30-16-12-11-13-28(30)3)35(40)26-39(31-19-21-32(44-4)22-20-31)45(42,43)33-17-9-6-10-18-33/h5-22,27,34H,23-26H2,1-4H3,(H,37,41)/t34-/m0/s1. The van der Waals surface area contributed by atoms with Crippen molar-refractivity contribution in [1.82, 2.24) is 10.2 Å². The Labute approximate surface area is 266 Å². The normalized spacial score (nSPS) is 11.9. The number of methoxy groups -OCH3 is 1. The van der Waals surface area contributed by atoms with Crippen LogP contribution in [0, 0.1) is 12.8 Å². The number of ether oxygens (including phenoxy) is 1. The minimum atomic E-state index is -4.17. The molecule has 2 amide bonds. The van der Waals surface area contributed by atoms with Crippen LogP contribution >= 0.6 is 0 Å². The summed E-state index contributed by atoms with van der Waals surface area (Å²) in [4.78, 5) is 30.0. The van der Waals surface area contributed by atoms with Gasteiger partial charge in [0.25, 0.3) is 10.0 Å². The van der Waals surface area contributed by atoms with Gasteiger partial charge in [0.2, 0.25) is 11.8 Å². The molecule has 4 aromatic carbocycles. The lowest BCUT2D eigenvalue weighted by molar-refractivity contribution is -0.140. The number of hydrogen-bond donors (Lipinski definition) is 1. The summed E-state index contributed by atoms with van der Waals surface area (Å²) < 4.78 is 34.5. The third-order valence-corrected chi connectivity index (χ3v) is 9.32. The van der Waals surface area contributed by atoms with Crippen molar-refractivity contribution in [3.63, 3.8) is 0 Å². The van der Waals surface area contributed by atoms with Gasteiger partial charge in [-0.3, -0.25) is 13.9 Å². The molecule has 8 nitrogen and oxygen atoms in total. The number of amides is 2. The molecule has 0 aromatic heterocycles. The van der Waals surface area contributed by atoms with Gasteiger partial charge in [0.05, 0.1) is 17.7 Å². The van der Waals surface area contributed by atoms with E-state index in [0.717, 1.165) is 21.0 Å². The summed E-state index contributed by atoms with van der Waals surface area (Å²) in [6.07, 6.45) is 0.260. The summed E-state index contributed by atoms with van der Waals surface area (Å²) in [6, 6.07) is 30.8. The number of nitrogens with zero attached hydrogens (tertiary/aromatic N) is 2. The number of nitrogens with one attached hydrogen (secondary N) is 1. The van der Waals surface area contributed by atoms with Gasteiger partial charge in [-0.15, -0.1) is 0 Å². The molecule has 45 heavy (non-hydrogen) atoms. The zero-order valence-corrected chi connectivity index (χ0v) is 27.0. The number of rotatable bonds is 14. The van der Waals surface area contributed by atoms with Crippen LogP contribution in [-0.4, -0.2) is 51.4 Å². The molecule has 0 unspecified atom stereocenters. The molecule has 4 aromatic rings. The Morgan fingerprint density at radius 1 is 0.822 bits per heavy atom. The van der Waals surface area contributed by atoms with Crippen molar-refractivity contribution in [3.05, 3.63) is 126 Å². The predicted octanol–water partition coefficient (Wildman–Crippen LogP) is 5.61. The van der Waals surface area contributed by atoms with Crippen molar-refractivity contribution < 1.29 is 22.7 Å². The third-order valence-electron chi connectivity index (χ3n) is 7.53. The van der Waals surface area contributed by atoms with Crippen molar-refractivity contribution in [2.24, 2.45) is 5.92 Å². The van der Waals surface area contributed by atoms with Crippen LogP contribution in [0.3, 0.4) is 0 Å². The van der Waals surface area contributed by atoms with Gasteiger partial charge in [-0.1, -0.05) is 86.6 Å². The van der Waals surface area contributed by atoms with Gasteiger partial charge >= 0.3 is 0 Å². The van der Waals surface area contributed by atoms with E-state index in [1.807, 2.05) is 75.4 Å². The van der Waals surface area contributed by atoms with E-state index >= 15 is 0 Å². The van der Waals surface area contributed by atoms with E-state index < -0.39 is 28.5 Å². The third kappa shape index (κ3) is 8.73. The van der Waals surface area contributed by atoms with Crippen LogP contribution in [0.5, 0.6) is 5.75 Å². The highest BCUT2D eigenvalue weighted by molar-refractivity contribution is 7.92. The minimum absolute atomic E-state index is 0.0505. The monoisotopic (exact) mass is 627 g/mol. The van der Waals surface area contributed by atoms with Crippen molar-refractivity contribution >= 4 is 27.5 Å². The lowest BCUT2D eigenvalue weighted by atomic mass is 10.0. The molecule has 1 N–H and O–H groups in total. The highest BCUT2D eigenvalue weighted by Gasteiger charge is 2.34. The minimum Gasteiger partial charge on any atom is -0.497 e. The van der Waals surface area contributed by atoms with Crippen LogP contribution in [0.1, 0.15) is 30.5 Å². The second-order valence-corrected chi connectivity index (χ2v) is 13.2. The number of anilines is 1. The Hall–Kier alpha value is -4.63. The molecule has 236 valence electrons. The van der Waals surface area contributed by atoms with Gasteiger partial charge in [0.1, 0.15) is 18.3 Å². The van der Waals surface area contributed by atoms with Crippen LogP contribution in [0.15, 0.2) is 114 Å². The first kappa shape index (κ1) is 33.3. The topological polar surface area (TPSA) is 96.0 Å². The molecule has 0 bridgehead atoms. The molecule has 0 spiro atoms. The van der Waals surface area contributed by atoms with E-state index in [2.05, 4.69) is 5.32 Å². The number of sulfonamides is 1. The molecular weight excluding hydrogens is 586 g/mol. The smallest absolute Gasteiger partial charge is 0.264 e. The fourth-order valence-electron chi connectivity index (χ4n) is 4.94. The summed E-state index contributed by atoms with van der Waals surface area (Å²) in [6.45, 7) is 6.01. The average Bonchev–Trinajstić information content (AvgIpc) is 3.05. The Kier molecular flexibility index (Phi) is 11.4. The van der Waals surface area contributed by atoms with Crippen LogP contribution in [0.4, 0.5) is 5.69 Å². The molecule has 9 heteroatoms. The first-order valence-electron chi connectivity index (χ1n) is 15.0. The molecule has 0 aliphatic rings. The van der Waals surface area contributed by atoms with Crippen LogP contribution in [0.2, 0.25) is 0 Å². The zero-order valence-electron chi connectivity index (χ0n) is 26.2. The van der Waals surface area contributed by atoms with E-state index in [-0.39, 0.29) is 29.7 Å². The van der Waals surface area contributed by atoms with Crippen molar-refractivity contribution in [3.8, 4) is 5.75 Å². The number of carbonyl (C=O) groups excluding carboxylic acids is 2. The van der Waals surface area contributed by atoms with Gasteiger partial charge in [-0.2, -0.15) is 0 Å². The Balaban J connectivity index is 1.80. The van der Waals surface area contributed by atoms with E-state index in [9.17, 15) is 18.0 Å². The summed E-state index contributed by atoms with van der Waals surface area (Å²) in [5, 5.41) is 3.01. The molecule has 4 rings (SSSR count). The fraction of sp³-hybridized carbons (Fsp3) is 0.278. The van der Waals surface area contributed by atoms with E-state index in [1.54, 1.807) is 42.5 Å². The second kappa shape index (κ2) is 15.4. The van der Waals surface area contributed by atoms with Crippen LogP contribution in [0.25, 0.3) is 0 Å². The fourth-order valence-corrected chi connectivity index (χ4v) is 6.38. The molecular formula is C36H41N3O5S. The lowest BCUT2D eigenvalue weighted by Crippen LogP contribution is -2.53. The molecule has 0 aliphatic carbocycles. The molecule has 0 saturated carbocycles. The van der Waals surface area contributed by atoms with Gasteiger partial charge < -0.3 is 15.0 Å². The highest BCUT2D eigenvalue weighted by atomic mass is 32.2. The molecule has 0 fully saturated rings. The van der Waals surface area contributed by atoms with Crippen molar-refractivity contribution in [2.75, 3.05) is 24.5 Å². The number of benzene rings is 4. The van der Waals surface area contributed by atoms with E-state index in [1.165, 1.54) is 24.1 Å². The van der Waals surface area contributed by atoms with Crippen molar-refractivity contribution in [2.45, 2.75) is 44.7 Å².